The molecular weight excluding hydrogens is 216 g/mol. The number of carbonyl (C=O) groups is 1. The van der Waals surface area contributed by atoms with E-state index in [9.17, 15) is 4.79 Å². The maximum absolute atomic E-state index is 12.2. The third-order valence-corrected chi connectivity index (χ3v) is 3.04. The van der Waals surface area contributed by atoms with Crippen molar-refractivity contribution >= 4 is 5.78 Å². The number of benzene rings is 1. The van der Waals surface area contributed by atoms with E-state index in [1.807, 2.05) is 18.2 Å². The molecule has 1 aromatic carbocycles. The number of ketones is 1. The Labute approximate surface area is 98.8 Å². The van der Waals surface area contributed by atoms with Gasteiger partial charge >= 0.3 is 0 Å². The maximum atomic E-state index is 12.2. The van der Waals surface area contributed by atoms with Gasteiger partial charge in [-0.2, -0.15) is 5.10 Å². The minimum atomic E-state index is -0.000278. The van der Waals surface area contributed by atoms with Crippen LogP contribution >= 0.6 is 0 Å². The van der Waals surface area contributed by atoms with Crippen molar-refractivity contribution in [2.45, 2.75) is 13.2 Å². The zero-order valence-electron chi connectivity index (χ0n) is 9.51. The Kier molecular flexibility index (Phi) is 2.30. The SMILES string of the molecule is Cn1nccc1C(=O)c1ccc2c(c1)COC2. The van der Waals surface area contributed by atoms with Crippen molar-refractivity contribution in [1.29, 1.82) is 0 Å². The first kappa shape index (κ1) is 10.2. The van der Waals surface area contributed by atoms with Crippen LogP contribution in [-0.2, 0) is 25.0 Å². The minimum absolute atomic E-state index is 0.000278. The fourth-order valence-electron chi connectivity index (χ4n) is 2.06. The van der Waals surface area contributed by atoms with E-state index in [2.05, 4.69) is 5.10 Å². The summed E-state index contributed by atoms with van der Waals surface area (Å²) in [6.07, 6.45) is 1.63. The van der Waals surface area contributed by atoms with E-state index >= 15 is 0 Å². The fourth-order valence-corrected chi connectivity index (χ4v) is 2.06. The summed E-state index contributed by atoms with van der Waals surface area (Å²) >= 11 is 0. The highest BCUT2D eigenvalue weighted by molar-refractivity contribution is 6.07. The monoisotopic (exact) mass is 228 g/mol. The van der Waals surface area contributed by atoms with Crippen LogP contribution in [0.2, 0.25) is 0 Å². The van der Waals surface area contributed by atoms with Crippen LogP contribution in [0.25, 0.3) is 0 Å². The maximum Gasteiger partial charge on any atom is 0.211 e. The van der Waals surface area contributed by atoms with Crippen molar-refractivity contribution in [2.75, 3.05) is 0 Å². The lowest BCUT2D eigenvalue weighted by molar-refractivity contribution is 0.103. The van der Waals surface area contributed by atoms with Crippen LogP contribution in [0, 0.1) is 0 Å². The van der Waals surface area contributed by atoms with Gasteiger partial charge in [0.05, 0.1) is 13.2 Å². The number of hydrogen-bond acceptors (Lipinski definition) is 3. The lowest BCUT2D eigenvalue weighted by Crippen LogP contribution is -2.08. The van der Waals surface area contributed by atoms with Crippen LogP contribution in [0.4, 0.5) is 0 Å². The topological polar surface area (TPSA) is 44.1 Å². The van der Waals surface area contributed by atoms with Crippen molar-refractivity contribution in [3.05, 3.63) is 52.8 Å². The molecule has 0 unspecified atom stereocenters. The number of carbonyl (C=O) groups excluding carboxylic acids is 1. The molecule has 0 radical (unpaired) electrons. The zero-order valence-corrected chi connectivity index (χ0v) is 9.51. The first-order valence-corrected chi connectivity index (χ1v) is 5.48. The van der Waals surface area contributed by atoms with Gasteiger partial charge < -0.3 is 4.74 Å². The molecule has 0 fully saturated rings. The smallest absolute Gasteiger partial charge is 0.211 e. The molecule has 1 aromatic heterocycles. The number of aromatic nitrogens is 2. The number of nitrogens with zero attached hydrogens (tertiary/aromatic N) is 2. The Bertz CT molecular complexity index is 587. The normalized spacial score (nSPS) is 13.7. The summed E-state index contributed by atoms with van der Waals surface area (Å²) in [6, 6.07) is 7.46. The third kappa shape index (κ3) is 1.66. The summed E-state index contributed by atoms with van der Waals surface area (Å²) in [5.74, 6) is -0.000278. The molecule has 2 heterocycles. The summed E-state index contributed by atoms with van der Waals surface area (Å²) in [7, 11) is 1.77. The fraction of sp³-hybridized carbons (Fsp3) is 0.231. The van der Waals surface area contributed by atoms with E-state index in [-0.39, 0.29) is 5.78 Å². The van der Waals surface area contributed by atoms with Gasteiger partial charge in [-0.05, 0) is 23.3 Å². The Hall–Kier alpha value is -1.94. The molecule has 0 saturated heterocycles. The van der Waals surface area contributed by atoms with Gasteiger partial charge in [0, 0.05) is 18.8 Å². The van der Waals surface area contributed by atoms with E-state index in [0.717, 1.165) is 5.56 Å². The van der Waals surface area contributed by atoms with Crippen LogP contribution in [-0.4, -0.2) is 15.6 Å². The molecule has 4 heteroatoms. The van der Waals surface area contributed by atoms with Gasteiger partial charge in [-0.1, -0.05) is 12.1 Å². The number of ether oxygens (including phenoxy) is 1. The average Bonchev–Trinajstić information content (AvgIpc) is 2.95. The van der Waals surface area contributed by atoms with Crippen molar-refractivity contribution in [3.63, 3.8) is 0 Å². The lowest BCUT2D eigenvalue weighted by Gasteiger charge is -2.03. The average molecular weight is 228 g/mol. The number of fused-ring (bicyclic) bond motifs is 1. The predicted molar refractivity (Wildman–Crippen MR) is 61.6 cm³/mol. The Morgan fingerprint density at radius 1 is 1.29 bits per heavy atom. The van der Waals surface area contributed by atoms with Gasteiger partial charge in [-0.25, -0.2) is 0 Å². The standard InChI is InChI=1S/C13H12N2O2/c1-15-12(4-5-14-15)13(16)9-2-3-10-7-17-8-11(10)6-9/h2-6H,7-8H2,1H3. The van der Waals surface area contributed by atoms with E-state index < -0.39 is 0 Å². The zero-order chi connectivity index (χ0) is 11.8. The van der Waals surface area contributed by atoms with E-state index in [1.54, 1.807) is 24.0 Å². The van der Waals surface area contributed by atoms with Crippen LogP contribution < -0.4 is 0 Å². The van der Waals surface area contributed by atoms with Gasteiger partial charge in [0.2, 0.25) is 5.78 Å². The van der Waals surface area contributed by atoms with Crippen LogP contribution in [0.15, 0.2) is 30.5 Å². The van der Waals surface area contributed by atoms with E-state index in [1.165, 1.54) is 5.56 Å². The molecule has 2 aromatic rings. The van der Waals surface area contributed by atoms with Crippen molar-refractivity contribution in [3.8, 4) is 0 Å². The van der Waals surface area contributed by atoms with Crippen molar-refractivity contribution in [2.24, 2.45) is 7.05 Å². The van der Waals surface area contributed by atoms with Crippen molar-refractivity contribution < 1.29 is 9.53 Å². The molecule has 0 bridgehead atoms. The highest BCUT2D eigenvalue weighted by Crippen LogP contribution is 2.22. The Balaban J connectivity index is 2.00. The molecule has 0 aliphatic carbocycles. The molecule has 1 aliphatic rings. The predicted octanol–water partition coefficient (Wildman–Crippen LogP) is 1.68. The number of hydrogen-bond donors (Lipinski definition) is 0. The molecule has 4 nitrogen and oxygen atoms in total. The second-order valence-corrected chi connectivity index (χ2v) is 4.15. The molecule has 1 aliphatic heterocycles. The molecule has 0 atom stereocenters. The summed E-state index contributed by atoms with van der Waals surface area (Å²) in [5.41, 5.74) is 3.58. The molecule has 0 N–H and O–H groups in total. The molecule has 0 amide bonds. The highest BCUT2D eigenvalue weighted by atomic mass is 16.5. The van der Waals surface area contributed by atoms with Gasteiger partial charge in [0.1, 0.15) is 5.69 Å². The van der Waals surface area contributed by atoms with E-state index in [0.29, 0.717) is 24.5 Å². The quantitative estimate of drug-likeness (QED) is 0.734. The summed E-state index contributed by atoms with van der Waals surface area (Å²) < 4.78 is 6.92. The van der Waals surface area contributed by atoms with Gasteiger partial charge in [0.25, 0.3) is 0 Å². The van der Waals surface area contributed by atoms with Gasteiger partial charge in [0.15, 0.2) is 0 Å². The van der Waals surface area contributed by atoms with Crippen LogP contribution in [0.3, 0.4) is 0 Å². The summed E-state index contributed by atoms with van der Waals surface area (Å²) in [5, 5.41) is 4.01. The molecule has 3 rings (SSSR count). The minimum Gasteiger partial charge on any atom is -0.372 e. The third-order valence-electron chi connectivity index (χ3n) is 3.04. The first-order valence-electron chi connectivity index (χ1n) is 5.48. The van der Waals surface area contributed by atoms with Crippen LogP contribution in [0.5, 0.6) is 0 Å². The number of rotatable bonds is 2. The summed E-state index contributed by atoms with van der Waals surface area (Å²) in [6.45, 7) is 1.25. The summed E-state index contributed by atoms with van der Waals surface area (Å²) in [4.78, 5) is 12.2. The first-order chi connectivity index (χ1) is 8.25. The van der Waals surface area contributed by atoms with Gasteiger partial charge in [-0.3, -0.25) is 9.48 Å². The molecule has 86 valence electrons. The number of aryl methyl sites for hydroxylation is 1. The second-order valence-electron chi connectivity index (χ2n) is 4.15. The highest BCUT2D eigenvalue weighted by Gasteiger charge is 2.17. The molecular formula is C13H12N2O2. The lowest BCUT2D eigenvalue weighted by atomic mass is 10.0. The molecule has 0 spiro atoms. The van der Waals surface area contributed by atoms with Crippen LogP contribution in [0.1, 0.15) is 27.2 Å². The molecule has 17 heavy (non-hydrogen) atoms. The van der Waals surface area contributed by atoms with Crippen molar-refractivity contribution in [1.82, 2.24) is 9.78 Å². The molecule has 0 saturated carbocycles. The second kappa shape index (κ2) is 3.82. The Morgan fingerprint density at radius 2 is 2.12 bits per heavy atom. The van der Waals surface area contributed by atoms with E-state index in [4.69, 9.17) is 4.74 Å². The largest absolute Gasteiger partial charge is 0.372 e. The van der Waals surface area contributed by atoms with Gasteiger partial charge in [-0.15, -0.1) is 0 Å². The Morgan fingerprint density at radius 3 is 2.88 bits per heavy atom.